The highest BCUT2D eigenvalue weighted by Crippen LogP contribution is 2.24. The van der Waals surface area contributed by atoms with Gasteiger partial charge in [-0.15, -0.1) is 0 Å². The summed E-state index contributed by atoms with van der Waals surface area (Å²) in [6, 6.07) is 5.59. The first kappa shape index (κ1) is 11.4. The molecule has 0 aliphatic carbocycles. The van der Waals surface area contributed by atoms with Crippen molar-refractivity contribution in [1.29, 1.82) is 0 Å². The number of benzene rings is 1. The minimum absolute atomic E-state index is 0.161. The first-order chi connectivity index (χ1) is 7.72. The molecule has 4 heteroatoms. The molecule has 88 valence electrons. The van der Waals surface area contributed by atoms with Crippen molar-refractivity contribution < 1.29 is 9.13 Å². The molecule has 1 aromatic carbocycles. The van der Waals surface area contributed by atoms with Crippen molar-refractivity contribution in [3.8, 4) is 5.75 Å². The van der Waals surface area contributed by atoms with Crippen molar-refractivity contribution in [3.05, 3.63) is 29.6 Å². The summed E-state index contributed by atoms with van der Waals surface area (Å²) in [5, 5.41) is 6.74. The van der Waals surface area contributed by atoms with Crippen LogP contribution in [0.1, 0.15) is 18.5 Å². The number of hydrogen-bond acceptors (Lipinski definition) is 3. The van der Waals surface area contributed by atoms with Crippen LogP contribution in [0.25, 0.3) is 0 Å². The lowest BCUT2D eigenvalue weighted by Gasteiger charge is -2.31. The Kier molecular flexibility index (Phi) is 3.41. The Morgan fingerprint density at radius 1 is 1.31 bits per heavy atom. The molecule has 1 fully saturated rings. The zero-order chi connectivity index (χ0) is 11.5. The van der Waals surface area contributed by atoms with E-state index in [9.17, 15) is 4.39 Å². The van der Waals surface area contributed by atoms with Crippen LogP contribution in [-0.4, -0.2) is 26.2 Å². The van der Waals surface area contributed by atoms with Crippen molar-refractivity contribution in [2.75, 3.05) is 20.2 Å². The van der Waals surface area contributed by atoms with Crippen LogP contribution in [0.15, 0.2) is 18.2 Å². The van der Waals surface area contributed by atoms with Crippen LogP contribution in [0.2, 0.25) is 0 Å². The fourth-order valence-corrected chi connectivity index (χ4v) is 2.10. The molecule has 2 N–H and O–H groups in total. The fraction of sp³-hybridized carbons (Fsp3) is 0.500. The molecule has 16 heavy (non-hydrogen) atoms. The van der Waals surface area contributed by atoms with E-state index in [1.54, 1.807) is 12.1 Å². The Morgan fingerprint density at radius 2 is 2.06 bits per heavy atom. The standard InChI is InChI=1S/C12H17FN2O/c1-8-12(15-6-5-14-8)9-3-4-11(16-2)10(13)7-9/h3-4,7-8,12,14-15H,5-6H2,1-2H3. The molecule has 0 saturated carbocycles. The van der Waals surface area contributed by atoms with Crippen molar-refractivity contribution in [3.63, 3.8) is 0 Å². The minimum atomic E-state index is -0.306. The van der Waals surface area contributed by atoms with Gasteiger partial charge in [-0.2, -0.15) is 0 Å². The molecule has 0 radical (unpaired) electrons. The molecule has 0 amide bonds. The van der Waals surface area contributed by atoms with Crippen molar-refractivity contribution >= 4 is 0 Å². The van der Waals surface area contributed by atoms with Crippen molar-refractivity contribution in [1.82, 2.24) is 10.6 Å². The number of halogens is 1. The Bertz CT molecular complexity index is 370. The third-order valence-electron chi connectivity index (χ3n) is 2.99. The van der Waals surface area contributed by atoms with E-state index in [1.807, 2.05) is 6.07 Å². The number of rotatable bonds is 2. The number of ether oxygens (including phenoxy) is 1. The number of piperazine rings is 1. The highest BCUT2D eigenvalue weighted by atomic mass is 19.1. The Balaban J connectivity index is 2.22. The van der Waals surface area contributed by atoms with Gasteiger partial charge in [0, 0.05) is 25.2 Å². The molecule has 0 bridgehead atoms. The van der Waals surface area contributed by atoms with E-state index in [1.165, 1.54) is 7.11 Å². The lowest BCUT2D eigenvalue weighted by Crippen LogP contribution is -2.49. The van der Waals surface area contributed by atoms with Crippen LogP contribution in [0.5, 0.6) is 5.75 Å². The Labute approximate surface area is 95.0 Å². The lowest BCUT2D eigenvalue weighted by molar-refractivity contribution is 0.342. The maximum atomic E-state index is 13.6. The van der Waals surface area contributed by atoms with Crippen LogP contribution in [0.4, 0.5) is 4.39 Å². The Morgan fingerprint density at radius 3 is 2.69 bits per heavy atom. The van der Waals surface area contributed by atoms with Crippen molar-refractivity contribution in [2.45, 2.75) is 19.0 Å². The molecule has 1 heterocycles. The molecule has 1 aromatic rings. The Hall–Kier alpha value is -1.13. The van der Waals surface area contributed by atoms with E-state index in [4.69, 9.17) is 4.74 Å². The van der Waals surface area contributed by atoms with Gasteiger partial charge in [0.2, 0.25) is 0 Å². The predicted molar refractivity (Wildman–Crippen MR) is 61.2 cm³/mol. The van der Waals surface area contributed by atoms with Gasteiger partial charge in [-0.1, -0.05) is 6.07 Å². The molecule has 1 saturated heterocycles. The van der Waals surface area contributed by atoms with E-state index in [0.29, 0.717) is 11.8 Å². The van der Waals surface area contributed by atoms with Crippen LogP contribution in [-0.2, 0) is 0 Å². The highest BCUT2D eigenvalue weighted by Gasteiger charge is 2.22. The van der Waals surface area contributed by atoms with E-state index >= 15 is 0 Å². The smallest absolute Gasteiger partial charge is 0.165 e. The molecule has 1 aliphatic heterocycles. The van der Waals surface area contributed by atoms with Crippen LogP contribution in [0, 0.1) is 5.82 Å². The minimum Gasteiger partial charge on any atom is -0.494 e. The van der Waals surface area contributed by atoms with Gasteiger partial charge in [-0.3, -0.25) is 0 Å². The molecule has 2 atom stereocenters. The normalized spacial score (nSPS) is 25.4. The quantitative estimate of drug-likeness (QED) is 0.798. The van der Waals surface area contributed by atoms with E-state index in [-0.39, 0.29) is 11.9 Å². The van der Waals surface area contributed by atoms with Gasteiger partial charge in [0.15, 0.2) is 11.6 Å². The lowest BCUT2D eigenvalue weighted by atomic mass is 9.98. The average molecular weight is 224 g/mol. The third-order valence-corrected chi connectivity index (χ3v) is 2.99. The predicted octanol–water partition coefficient (Wildman–Crippen LogP) is 1.46. The zero-order valence-electron chi connectivity index (χ0n) is 9.59. The van der Waals surface area contributed by atoms with Crippen LogP contribution >= 0.6 is 0 Å². The third kappa shape index (κ3) is 2.18. The SMILES string of the molecule is COc1ccc(C2NCCNC2C)cc1F. The van der Waals surface area contributed by atoms with Gasteiger partial charge in [0.1, 0.15) is 0 Å². The molecule has 1 aliphatic rings. The van der Waals surface area contributed by atoms with E-state index in [0.717, 1.165) is 18.7 Å². The van der Waals surface area contributed by atoms with E-state index < -0.39 is 0 Å². The molecule has 2 unspecified atom stereocenters. The van der Waals surface area contributed by atoms with E-state index in [2.05, 4.69) is 17.6 Å². The zero-order valence-corrected chi connectivity index (χ0v) is 9.59. The molecule has 0 aromatic heterocycles. The molecule has 3 nitrogen and oxygen atoms in total. The molecule has 2 rings (SSSR count). The second kappa shape index (κ2) is 4.80. The summed E-state index contributed by atoms with van der Waals surface area (Å²) in [6.45, 7) is 3.96. The summed E-state index contributed by atoms with van der Waals surface area (Å²) < 4.78 is 18.5. The summed E-state index contributed by atoms with van der Waals surface area (Å²) in [7, 11) is 1.47. The largest absolute Gasteiger partial charge is 0.494 e. The number of hydrogen-bond donors (Lipinski definition) is 2. The van der Waals surface area contributed by atoms with Gasteiger partial charge < -0.3 is 15.4 Å². The summed E-state index contributed by atoms with van der Waals surface area (Å²) >= 11 is 0. The first-order valence-corrected chi connectivity index (χ1v) is 5.52. The van der Waals surface area contributed by atoms with Gasteiger partial charge in [-0.25, -0.2) is 4.39 Å². The van der Waals surface area contributed by atoms with Gasteiger partial charge in [-0.05, 0) is 24.6 Å². The number of nitrogens with one attached hydrogen (secondary N) is 2. The average Bonchev–Trinajstić information content (AvgIpc) is 2.29. The molecular weight excluding hydrogens is 207 g/mol. The van der Waals surface area contributed by atoms with Gasteiger partial charge >= 0.3 is 0 Å². The molecule has 0 spiro atoms. The summed E-state index contributed by atoms with van der Waals surface area (Å²) in [5.74, 6) is -0.0141. The van der Waals surface area contributed by atoms with Crippen LogP contribution < -0.4 is 15.4 Å². The second-order valence-electron chi connectivity index (χ2n) is 4.07. The van der Waals surface area contributed by atoms with Crippen molar-refractivity contribution in [2.24, 2.45) is 0 Å². The molecular formula is C12H17FN2O. The first-order valence-electron chi connectivity index (χ1n) is 5.52. The monoisotopic (exact) mass is 224 g/mol. The maximum Gasteiger partial charge on any atom is 0.165 e. The second-order valence-corrected chi connectivity index (χ2v) is 4.07. The van der Waals surface area contributed by atoms with Crippen LogP contribution in [0.3, 0.4) is 0 Å². The summed E-state index contributed by atoms with van der Waals surface area (Å²) in [4.78, 5) is 0. The summed E-state index contributed by atoms with van der Waals surface area (Å²) in [6.07, 6.45) is 0. The topological polar surface area (TPSA) is 33.3 Å². The van der Waals surface area contributed by atoms with Gasteiger partial charge in [0.25, 0.3) is 0 Å². The fourth-order valence-electron chi connectivity index (χ4n) is 2.10. The maximum absolute atomic E-state index is 13.6. The van der Waals surface area contributed by atoms with Gasteiger partial charge in [0.05, 0.1) is 7.11 Å². The highest BCUT2D eigenvalue weighted by molar-refractivity contribution is 5.31. The number of methoxy groups -OCH3 is 1. The summed E-state index contributed by atoms with van der Waals surface area (Å²) in [5.41, 5.74) is 0.956.